The first-order chi connectivity index (χ1) is 18.4. The van der Waals surface area contributed by atoms with Crippen LogP contribution >= 0.6 is 34.5 Å². The van der Waals surface area contributed by atoms with Gasteiger partial charge in [-0.25, -0.2) is 14.2 Å². The van der Waals surface area contributed by atoms with Crippen LogP contribution in [0, 0.1) is 5.82 Å². The Bertz CT molecular complexity index is 1490. The van der Waals surface area contributed by atoms with Gasteiger partial charge in [0.15, 0.2) is 10.9 Å². The number of rotatable bonds is 7. The minimum absolute atomic E-state index is 0.187. The van der Waals surface area contributed by atoms with E-state index in [4.69, 9.17) is 32.5 Å². The number of nitrogens with one attached hydrogen (secondary N) is 1. The second-order valence-electron chi connectivity index (χ2n) is 9.68. The minimum atomic E-state index is -0.565. The highest BCUT2D eigenvalue weighted by molar-refractivity contribution is 7.22. The molecule has 1 aliphatic carbocycles. The SMILES string of the molecule is COC(=O)c1cc(F)c2nc(N3CCC(NCc4c(-c5c(Cl)cccc5Cl)noc4C4CC4)CC3)sc2c1. The zero-order chi connectivity index (χ0) is 26.4. The molecule has 3 heterocycles. The monoisotopic (exact) mass is 574 g/mol. The molecule has 4 aromatic rings. The van der Waals surface area contributed by atoms with E-state index in [1.54, 1.807) is 6.07 Å². The van der Waals surface area contributed by atoms with E-state index >= 15 is 0 Å². The zero-order valence-corrected chi connectivity index (χ0v) is 22.9. The summed E-state index contributed by atoms with van der Waals surface area (Å²) in [6.07, 6.45) is 4.00. The van der Waals surface area contributed by atoms with Crippen LogP contribution in [0.25, 0.3) is 21.5 Å². The average Bonchev–Trinajstić information content (AvgIpc) is 3.53. The summed E-state index contributed by atoms with van der Waals surface area (Å²) < 4.78 is 25.7. The first-order valence-electron chi connectivity index (χ1n) is 12.5. The number of halogens is 3. The van der Waals surface area contributed by atoms with Crippen LogP contribution in [0.4, 0.5) is 9.52 Å². The normalized spacial score (nSPS) is 16.4. The fourth-order valence-corrected chi connectivity index (χ4v) is 6.60. The molecule has 198 valence electrons. The summed E-state index contributed by atoms with van der Waals surface area (Å²) in [5, 5.41) is 9.92. The maximum absolute atomic E-state index is 14.6. The van der Waals surface area contributed by atoms with Crippen molar-refractivity contribution in [2.75, 3.05) is 25.1 Å². The lowest BCUT2D eigenvalue weighted by Crippen LogP contribution is -2.42. The number of hydrogen-bond donors (Lipinski definition) is 1. The highest BCUT2D eigenvalue weighted by atomic mass is 35.5. The lowest BCUT2D eigenvalue weighted by atomic mass is 10.0. The number of benzene rings is 2. The third-order valence-electron chi connectivity index (χ3n) is 7.16. The molecule has 0 bridgehead atoms. The van der Waals surface area contributed by atoms with E-state index in [0.717, 1.165) is 55.2 Å². The van der Waals surface area contributed by atoms with E-state index in [2.05, 4.69) is 20.4 Å². The van der Waals surface area contributed by atoms with Crippen LogP contribution in [0.5, 0.6) is 0 Å². The molecule has 0 amide bonds. The van der Waals surface area contributed by atoms with Crippen molar-refractivity contribution in [3.63, 3.8) is 0 Å². The van der Waals surface area contributed by atoms with Gasteiger partial charge < -0.3 is 19.5 Å². The Morgan fingerprint density at radius 1 is 1.21 bits per heavy atom. The Hall–Kier alpha value is -2.72. The quantitative estimate of drug-likeness (QED) is 0.242. The summed E-state index contributed by atoms with van der Waals surface area (Å²) in [4.78, 5) is 18.5. The molecule has 2 fully saturated rings. The van der Waals surface area contributed by atoms with Gasteiger partial charge in [0.2, 0.25) is 0 Å². The van der Waals surface area contributed by atoms with Gasteiger partial charge in [0.25, 0.3) is 0 Å². The van der Waals surface area contributed by atoms with E-state index in [0.29, 0.717) is 44.5 Å². The van der Waals surface area contributed by atoms with Gasteiger partial charge in [0, 0.05) is 42.7 Å². The number of thiazole rings is 1. The number of aromatic nitrogens is 2. The van der Waals surface area contributed by atoms with Crippen LogP contribution < -0.4 is 10.2 Å². The molecule has 6 rings (SSSR count). The summed E-state index contributed by atoms with van der Waals surface area (Å²) in [7, 11) is 1.28. The lowest BCUT2D eigenvalue weighted by Gasteiger charge is -2.32. The molecule has 11 heteroatoms. The van der Waals surface area contributed by atoms with Gasteiger partial charge in [-0.2, -0.15) is 0 Å². The van der Waals surface area contributed by atoms with Gasteiger partial charge >= 0.3 is 5.97 Å². The van der Waals surface area contributed by atoms with Crippen LogP contribution in [0.2, 0.25) is 10.0 Å². The van der Waals surface area contributed by atoms with Gasteiger partial charge in [-0.1, -0.05) is 45.8 Å². The molecule has 0 radical (unpaired) electrons. The van der Waals surface area contributed by atoms with Crippen molar-refractivity contribution >= 4 is 55.9 Å². The number of carbonyl (C=O) groups is 1. The number of anilines is 1. The van der Waals surface area contributed by atoms with Gasteiger partial charge in [-0.05, 0) is 49.9 Å². The maximum atomic E-state index is 14.6. The molecule has 7 nitrogen and oxygen atoms in total. The topological polar surface area (TPSA) is 80.5 Å². The number of methoxy groups -OCH3 is 1. The van der Waals surface area contributed by atoms with Gasteiger partial charge in [-0.3, -0.25) is 0 Å². The Morgan fingerprint density at radius 2 is 1.95 bits per heavy atom. The Morgan fingerprint density at radius 3 is 2.63 bits per heavy atom. The number of esters is 1. The molecule has 0 unspecified atom stereocenters. The van der Waals surface area contributed by atoms with Crippen LogP contribution in [0.1, 0.15) is 53.3 Å². The standard InChI is InChI=1S/C27H25Cl2FN4O3S/c1-36-26(35)15-11-20(30)24-21(12-15)38-27(32-24)34-9-7-16(8-10-34)31-13-17-23(33-37-25(17)14-5-6-14)22-18(28)3-2-4-19(22)29/h2-4,11-12,14,16,31H,5-10,13H2,1H3. The van der Waals surface area contributed by atoms with Gasteiger partial charge in [0.05, 0.1) is 27.4 Å². The fourth-order valence-electron chi connectivity index (χ4n) is 4.95. The molecule has 1 saturated heterocycles. The van der Waals surface area contributed by atoms with E-state index < -0.39 is 11.8 Å². The second kappa shape index (κ2) is 10.4. The van der Waals surface area contributed by atoms with E-state index in [9.17, 15) is 9.18 Å². The van der Waals surface area contributed by atoms with E-state index in [1.807, 2.05) is 18.2 Å². The smallest absolute Gasteiger partial charge is 0.338 e. The van der Waals surface area contributed by atoms with Crippen LogP contribution in [-0.4, -0.2) is 42.4 Å². The molecule has 38 heavy (non-hydrogen) atoms. The molecule has 2 aromatic carbocycles. The summed E-state index contributed by atoms with van der Waals surface area (Å²) in [6.45, 7) is 2.18. The van der Waals surface area contributed by atoms with Crippen molar-refractivity contribution < 1.29 is 18.4 Å². The van der Waals surface area contributed by atoms with Crippen molar-refractivity contribution in [1.82, 2.24) is 15.5 Å². The predicted octanol–water partition coefficient (Wildman–Crippen LogP) is 6.82. The number of hydrogen-bond acceptors (Lipinski definition) is 8. The van der Waals surface area contributed by atoms with Crippen molar-refractivity contribution in [2.24, 2.45) is 0 Å². The molecule has 0 spiro atoms. The molecular weight excluding hydrogens is 550 g/mol. The molecule has 2 aliphatic rings. The van der Waals surface area contributed by atoms with Crippen molar-refractivity contribution in [2.45, 2.75) is 44.2 Å². The fraction of sp³-hybridized carbons (Fsp3) is 0.370. The van der Waals surface area contributed by atoms with Crippen LogP contribution in [-0.2, 0) is 11.3 Å². The molecule has 1 saturated carbocycles. The van der Waals surface area contributed by atoms with Crippen molar-refractivity contribution in [3.8, 4) is 11.3 Å². The maximum Gasteiger partial charge on any atom is 0.338 e. The first kappa shape index (κ1) is 25.6. The van der Waals surface area contributed by atoms with Gasteiger partial charge in [0.1, 0.15) is 17.0 Å². The highest BCUT2D eigenvalue weighted by Gasteiger charge is 2.34. The highest BCUT2D eigenvalue weighted by Crippen LogP contribution is 2.46. The summed E-state index contributed by atoms with van der Waals surface area (Å²) >= 11 is 14.4. The molecule has 0 atom stereocenters. The predicted molar refractivity (Wildman–Crippen MR) is 147 cm³/mol. The minimum Gasteiger partial charge on any atom is -0.465 e. The average molecular weight is 575 g/mol. The number of nitrogens with zero attached hydrogens (tertiary/aromatic N) is 3. The second-order valence-corrected chi connectivity index (χ2v) is 11.5. The lowest BCUT2D eigenvalue weighted by molar-refractivity contribution is 0.0600. The third-order valence-corrected chi connectivity index (χ3v) is 8.85. The molecule has 1 N–H and O–H groups in total. The number of fused-ring (bicyclic) bond motifs is 1. The summed E-state index contributed by atoms with van der Waals surface area (Å²) in [5.74, 6) is 0.237. The number of piperidine rings is 1. The summed E-state index contributed by atoms with van der Waals surface area (Å²) in [6, 6.07) is 8.55. The van der Waals surface area contributed by atoms with Crippen LogP contribution in [0.3, 0.4) is 0 Å². The van der Waals surface area contributed by atoms with E-state index in [1.165, 1.54) is 24.5 Å². The Kier molecular flexibility index (Phi) is 7.03. The summed E-state index contributed by atoms with van der Waals surface area (Å²) in [5.41, 5.74) is 2.90. The first-order valence-corrected chi connectivity index (χ1v) is 14.1. The zero-order valence-electron chi connectivity index (χ0n) is 20.6. The largest absolute Gasteiger partial charge is 0.465 e. The van der Waals surface area contributed by atoms with E-state index in [-0.39, 0.29) is 11.1 Å². The molecular formula is C27H25Cl2FN4O3S. The number of carbonyl (C=O) groups excluding carboxylic acids is 1. The van der Waals surface area contributed by atoms with Gasteiger partial charge in [-0.15, -0.1) is 0 Å². The Balaban J connectivity index is 1.15. The van der Waals surface area contributed by atoms with Crippen molar-refractivity contribution in [3.05, 3.63) is 63.1 Å². The van der Waals surface area contributed by atoms with Crippen molar-refractivity contribution in [1.29, 1.82) is 0 Å². The third kappa shape index (κ3) is 4.88. The van der Waals surface area contributed by atoms with Crippen LogP contribution in [0.15, 0.2) is 34.9 Å². The molecule has 1 aliphatic heterocycles. The molecule has 2 aromatic heterocycles. The number of ether oxygens (including phenoxy) is 1. The Labute approximate surface area is 232 Å².